The number of nitrogens with zero attached hydrogens (tertiary/aromatic N) is 3. The lowest BCUT2D eigenvalue weighted by Crippen LogP contribution is -2.22. The maximum atomic E-state index is 12.6. The first-order valence-corrected chi connectivity index (χ1v) is 7.72. The Labute approximate surface area is 133 Å². The van der Waals surface area contributed by atoms with E-state index >= 15 is 0 Å². The van der Waals surface area contributed by atoms with E-state index in [2.05, 4.69) is 20.5 Å². The highest BCUT2D eigenvalue weighted by Crippen LogP contribution is 2.26. The van der Waals surface area contributed by atoms with Crippen LogP contribution in [0.3, 0.4) is 0 Å². The van der Waals surface area contributed by atoms with Gasteiger partial charge in [0.2, 0.25) is 0 Å². The third-order valence-corrected chi connectivity index (χ3v) is 4.05. The van der Waals surface area contributed by atoms with Crippen molar-refractivity contribution in [2.75, 3.05) is 5.32 Å². The third-order valence-electron chi connectivity index (χ3n) is 4.05. The molecule has 0 aliphatic carbocycles. The monoisotopic (exact) mass is 316 g/mol. The number of nitrogens with two attached hydrogens (primary N) is 1. The molecule has 122 valence electrons. The number of carbonyl (C=O) groups is 2. The summed E-state index contributed by atoms with van der Waals surface area (Å²) in [5, 5.41) is 9.48. The third kappa shape index (κ3) is 2.71. The highest BCUT2D eigenvalue weighted by atomic mass is 16.2. The highest BCUT2D eigenvalue weighted by Gasteiger charge is 2.24. The Morgan fingerprint density at radius 1 is 1.39 bits per heavy atom. The fraction of sp³-hybridized carbons (Fsp3) is 0.467. The van der Waals surface area contributed by atoms with E-state index in [9.17, 15) is 9.59 Å². The molecule has 2 aromatic rings. The minimum absolute atomic E-state index is 0.0421. The number of H-pyrrole nitrogens is 1. The van der Waals surface area contributed by atoms with Crippen LogP contribution in [0.5, 0.6) is 0 Å². The van der Waals surface area contributed by atoms with Gasteiger partial charge in [-0.1, -0.05) is 13.8 Å². The topological polar surface area (TPSA) is 119 Å². The number of hydrogen-bond acceptors (Lipinski definition) is 4. The van der Waals surface area contributed by atoms with Gasteiger partial charge in [-0.05, 0) is 18.8 Å². The summed E-state index contributed by atoms with van der Waals surface area (Å²) in [6, 6.07) is 0. The van der Waals surface area contributed by atoms with Crippen molar-refractivity contribution in [3.8, 4) is 0 Å². The van der Waals surface area contributed by atoms with Crippen LogP contribution in [-0.4, -0.2) is 31.6 Å². The van der Waals surface area contributed by atoms with Gasteiger partial charge in [-0.25, -0.2) is 4.98 Å². The Bertz CT molecular complexity index is 758. The summed E-state index contributed by atoms with van der Waals surface area (Å²) in [4.78, 5) is 28.5. The molecule has 2 amide bonds. The van der Waals surface area contributed by atoms with Crippen LogP contribution < -0.4 is 11.1 Å². The first kappa shape index (κ1) is 15.3. The number of primary amides is 1. The lowest BCUT2D eigenvalue weighted by Gasteiger charge is -2.16. The summed E-state index contributed by atoms with van der Waals surface area (Å²) in [6.45, 7) is 4.66. The molecule has 3 rings (SSSR count). The molecule has 0 bridgehead atoms. The predicted molar refractivity (Wildman–Crippen MR) is 84.3 cm³/mol. The molecule has 0 aromatic carbocycles. The molecule has 0 unspecified atom stereocenters. The molecule has 0 atom stereocenters. The maximum Gasteiger partial charge on any atom is 0.274 e. The van der Waals surface area contributed by atoms with E-state index in [0.717, 1.165) is 31.6 Å². The number of nitrogens with one attached hydrogen (secondary N) is 2. The van der Waals surface area contributed by atoms with Gasteiger partial charge in [0, 0.05) is 13.0 Å². The summed E-state index contributed by atoms with van der Waals surface area (Å²) in [5.74, 6) is -0.00623. The number of aryl methyl sites for hydroxylation is 1. The van der Waals surface area contributed by atoms with Crippen LogP contribution in [0.1, 0.15) is 65.1 Å². The summed E-state index contributed by atoms with van der Waals surface area (Å²) in [5.41, 5.74) is 6.90. The molecule has 0 fully saturated rings. The predicted octanol–water partition coefficient (Wildman–Crippen LogP) is 1.42. The maximum absolute atomic E-state index is 12.6. The molecule has 0 radical (unpaired) electrons. The van der Waals surface area contributed by atoms with Crippen molar-refractivity contribution in [1.29, 1.82) is 0 Å². The molecule has 23 heavy (non-hydrogen) atoms. The molecule has 1 aliphatic rings. The zero-order valence-corrected chi connectivity index (χ0v) is 13.2. The van der Waals surface area contributed by atoms with E-state index in [1.807, 2.05) is 18.4 Å². The van der Waals surface area contributed by atoms with Gasteiger partial charge in [0.05, 0.1) is 17.6 Å². The molecular weight excluding hydrogens is 296 g/mol. The molecule has 8 heteroatoms. The van der Waals surface area contributed by atoms with E-state index in [0.29, 0.717) is 17.1 Å². The van der Waals surface area contributed by atoms with Crippen LogP contribution >= 0.6 is 0 Å². The van der Waals surface area contributed by atoms with E-state index < -0.39 is 5.91 Å². The van der Waals surface area contributed by atoms with Crippen LogP contribution in [0.25, 0.3) is 0 Å². The van der Waals surface area contributed by atoms with E-state index in [1.54, 1.807) is 6.20 Å². The minimum Gasteiger partial charge on any atom is -0.364 e. The zero-order chi connectivity index (χ0) is 16.6. The van der Waals surface area contributed by atoms with Crippen molar-refractivity contribution >= 4 is 17.5 Å². The molecule has 8 nitrogen and oxygen atoms in total. The van der Waals surface area contributed by atoms with Crippen molar-refractivity contribution in [3.63, 3.8) is 0 Å². The van der Waals surface area contributed by atoms with Crippen molar-refractivity contribution < 1.29 is 9.59 Å². The summed E-state index contributed by atoms with van der Waals surface area (Å²) < 4.78 is 1.93. The number of carbonyl (C=O) groups excluding carboxylic acids is 2. The van der Waals surface area contributed by atoms with E-state index in [1.165, 1.54) is 0 Å². The lowest BCUT2D eigenvalue weighted by molar-refractivity contribution is 0.0996. The Hall–Kier alpha value is -2.64. The average molecular weight is 316 g/mol. The summed E-state index contributed by atoms with van der Waals surface area (Å²) >= 11 is 0. The van der Waals surface area contributed by atoms with E-state index in [4.69, 9.17) is 5.73 Å². The number of aromatic amines is 1. The Balaban J connectivity index is 1.93. The number of fused-ring (bicyclic) bond motifs is 1. The minimum atomic E-state index is -0.682. The molecule has 0 saturated carbocycles. The summed E-state index contributed by atoms with van der Waals surface area (Å²) in [6.07, 6.45) is 4.57. The largest absolute Gasteiger partial charge is 0.364 e. The van der Waals surface area contributed by atoms with Crippen LogP contribution in [0.4, 0.5) is 5.69 Å². The Morgan fingerprint density at radius 2 is 2.17 bits per heavy atom. The first-order valence-electron chi connectivity index (χ1n) is 7.72. The second kappa shape index (κ2) is 5.86. The normalized spacial score (nSPS) is 13.9. The Kier molecular flexibility index (Phi) is 3.89. The van der Waals surface area contributed by atoms with Crippen molar-refractivity contribution in [1.82, 2.24) is 19.7 Å². The van der Waals surface area contributed by atoms with Gasteiger partial charge in [-0.2, -0.15) is 5.10 Å². The number of anilines is 1. The zero-order valence-electron chi connectivity index (χ0n) is 13.2. The average Bonchev–Trinajstić information content (AvgIpc) is 3.10. The smallest absolute Gasteiger partial charge is 0.274 e. The van der Waals surface area contributed by atoms with Crippen LogP contribution in [0.15, 0.2) is 6.20 Å². The lowest BCUT2D eigenvalue weighted by atomic mass is 10.1. The Morgan fingerprint density at radius 3 is 2.87 bits per heavy atom. The van der Waals surface area contributed by atoms with Gasteiger partial charge < -0.3 is 15.6 Å². The highest BCUT2D eigenvalue weighted by molar-refractivity contribution is 6.07. The molecule has 0 spiro atoms. The fourth-order valence-electron chi connectivity index (χ4n) is 2.85. The number of hydrogen-bond donors (Lipinski definition) is 3. The SMILES string of the molecule is CC(C)c1[nH]nc(C(N)=O)c1NC(=O)c1cnc2n1CCCC2. The molecule has 4 N–H and O–H groups in total. The molecule has 2 aromatic heterocycles. The van der Waals surface area contributed by atoms with Crippen molar-refractivity contribution in [2.24, 2.45) is 5.73 Å². The van der Waals surface area contributed by atoms with Gasteiger partial charge in [0.1, 0.15) is 11.5 Å². The second-order valence-electron chi connectivity index (χ2n) is 6.00. The van der Waals surface area contributed by atoms with Gasteiger partial charge in [-0.3, -0.25) is 14.7 Å². The van der Waals surface area contributed by atoms with Crippen molar-refractivity contribution in [3.05, 3.63) is 29.1 Å². The number of aromatic nitrogens is 4. The van der Waals surface area contributed by atoms with Gasteiger partial charge in [0.15, 0.2) is 5.69 Å². The molecular formula is C15H20N6O2. The first-order chi connectivity index (χ1) is 11.0. The molecule has 3 heterocycles. The molecule has 1 aliphatic heterocycles. The van der Waals surface area contributed by atoms with Crippen LogP contribution in [0.2, 0.25) is 0 Å². The summed E-state index contributed by atoms with van der Waals surface area (Å²) in [7, 11) is 0. The van der Waals surface area contributed by atoms with E-state index in [-0.39, 0.29) is 17.5 Å². The van der Waals surface area contributed by atoms with Crippen LogP contribution in [0, 0.1) is 0 Å². The van der Waals surface area contributed by atoms with Gasteiger partial charge in [-0.15, -0.1) is 0 Å². The fourth-order valence-corrected chi connectivity index (χ4v) is 2.85. The number of imidazole rings is 1. The van der Waals surface area contributed by atoms with Crippen molar-refractivity contribution in [2.45, 2.75) is 45.6 Å². The quantitative estimate of drug-likeness (QED) is 0.790. The number of amides is 2. The van der Waals surface area contributed by atoms with Crippen LogP contribution in [-0.2, 0) is 13.0 Å². The standard InChI is InChI=1S/C15H20N6O2/c1-8(2)11-12(13(14(16)22)20-19-11)18-15(23)9-7-17-10-5-3-4-6-21(9)10/h7-8H,3-6H2,1-2H3,(H2,16,22)(H,18,23)(H,19,20). The second-order valence-corrected chi connectivity index (χ2v) is 6.00. The molecule has 0 saturated heterocycles. The number of rotatable bonds is 4. The van der Waals surface area contributed by atoms with Gasteiger partial charge >= 0.3 is 0 Å². The van der Waals surface area contributed by atoms with Gasteiger partial charge in [0.25, 0.3) is 11.8 Å².